The lowest BCUT2D eigenvalue weighted by Gasteiger charge is -2.37. The summed E-state index contributed by atoms with van der Waals surface area (Å²) in [5.74, 6) is 1.42. The van der Waals surface area contributed by atoms with Gasteiger partial charge in [-0.2, -0.15) is 0 Å². The number of aryl methyl sites for hydroxylation is 1. The molecule has 1 saturated heterocycles. The molecule has 1 fully saturated rings. The first kappa shape index (κ1) is 20.5. The first-order chi connectivity index (χ1) is 13.5. The van der Waals surface area contributed by atoms with Crippen molar-refractivity contribution in [3.63, 3.8) is 0 Å². The molecular formula is C21H31N5O2. The maximum absolute atomic E-state index is 12.3. The van der Waals surface area contributed by atoms with Gasteiger partial charge < -0.3 is 9.32 Å². The molecule has 1 unspecified atom stereocenters. The van der Waals surface area contributed by atoms with Crippen molar-refractivity contribution in [2.24, 2.45) is 0 Å². The molecule has 28 heavy (non-hydrogen) atoms. The number of nitrogens with zero attached hydrogens (tertiary/aromatic N) is 5. The van der Waals surface area contributed by atoms with Crippen molar-refractivity contribution >= 4 is 5.91 Å². The lowest BCUT2D eigenvalue weighted by molar-refractivity contribution is -0.132. The van der Waals surface area contributed by atoms with Crippen LogP contribution in [0.3, 0.4) is 0 Å². The fraction of sp³-hybridized carbons (Fsp3) is 0.571. The highest BCUT2D eigenvalue weighted by Gasteiger charge is 2.27. The zero-order chi connectivity index (χ0) is 20.1. The van der Waals surface area contributed by atoms with Crippen LogP contribution in [0, 0.1) is 6.92 Å². The molecule has 3 rings (SSSR count). The monoisotopic (exact) mass is 385 g/mol. The van der Waals surface area contributed by atoms with Gasteiger partial charge in [-0.15, -0.1) is 10.2 Å². The van der Waals surface area contributed by atoms with Crippen LogP contribution in [-0.4, -0.2) is 76.6 Å². The number of benzene rings is 1. The predicted molar refractivity (Wildman–Crippen MR) is 109 cm³/mol. The number of hydrogen-bond donors (Lipinski definition) is 0. The lowest BCUT2D eigenvalue weighted by Crippen LogP contribution is -2.50. The van der Waals surface area contributed by atoms with Crippen molar-refractivity contribution in [2.45, 2.75) is 33.7 Å². The van der Waals surface area contributed by atoms with Crippen molar-refractivity contribution in [3.05, 3.63) is 35.7 Å². The van der Waals surface area contributed by atoms with Crippen molar-refractivity contribution < 1.29 is 9.21 Å². The highest BCUT2D eigenvalue weighted by atomic mass is 16.4. The molecule has 0 bridgehead atoms. The Morgan fingerprint density at radius 2 is 1.75 bits per heavy atom. The second kappa shape index (κ2) is 9.30. The number of aromatic nitrogens is 2. The Bertz CT molecular complexity index is 761. The molecule has 152 valence electrons. The Hall–Kier alpha value is -2.25. The zero-order valence-corrected chi connectivity index (χ0v) is 17.4. The van der Waals surface area contributed by atoms with Crippen LogP contribution in [0.5, 0.6) is 0 Å². The number of hydrogen-bond acceptors (Lipinski definition) is 6. The van der Waals surface area contributed by atoms with Crippen LogP contribution in [0.4, 0.5) is 0 Å². The average Bonchev–Trinajstić information content (AvgIpc) is 3.20. The number of rotatable bonds is 7. The highest BCUT2D eigenvalue weighted by Crippen LogP contribution is 2.25. The molecule has 1 aromatic heterocycles. The van der Waals surface area contributed by atoms with E-state index in [9.17, 15) is 4.79 Å². The van der Waals surface area contributed by atoms with Gasteiger partial charge in [-0.05, 0) is 39.8 Å². The van der Waals surface area contributed by atoms with Gasteiger partial charge in [0.05, 0.1) is 12.6 Å². The Labute approximate surface area is 167 Å². The maximum Gasteiger partial charge on any atom is 0.247 e. The average molecular weight is 386 g/mol. The van der Waals surface area contributed by atoms with E-state index in [4.69, 9.17) is 4.42 Å². The number of amides is 1. The molecule has 1 aliphatic rings. The zero-order valence-electron chi connectivity index (χ0n) is 17.4. The summed E-state index contributed by atoms with van der Waals surface area (Å²) in [4.78, 5) is 18.8. The summed E-state index contributed by atoms with van der Waals surface area (Å²) in [6.45, 7) is 13.8. The highest BCUT2D eigenvalue weighted by molar-refractivity contribution is 5.78. The Morgan fingerprint density at radius 3 is 2.36 bits per heavy atom. The van der Waals surface area contributed by atoms with Gasteiger partial charge in [0.1, 0.15) is 0 Å². The summed E-state index contributed by atoms with van der Waals surface area (Å²) < 4.78 is 5.94. The second-order valence-corrected chi connectivity index (χ2v) is 7.37. The van der Waals surface area contributed by atoms with E-state index in [1.165, 1.54) is 5.56 Å². The van der Waals surface area contributed by atoms with Crippen LogP contribution < -0.4 is 0 Å². The van der Waals surface area contributed by atoms with Crippen molar-refractivity contribution in [2.75, 3.05) is 45.8 Å². The number of piperazine rings is 1. The number of carbonyl (C=O) groups excluding carboxylic acids is 1. The topological polar surface area (TPSA) is 65.7 Å². The van der Waals surface area contributed by atoms with Gasteiger partial charge in [-0.25, -0.2) is 0 Å². The molecule has 0 aliphatic carbocycles. The van der Waals surface area contributed by atoms with Crippen molar-refractivity contribution in [3.8, 4) is 11.5 Å². The fourth-order valence-corrected chi connectivity index (χ4v) is 3.55. The lowest BCUT2D eigenvalue weighted by atomic mass is 10.1. The van der Waals surface area contributed by atoms with Crippen LogP contribution in [-0.2, 0) is 4.79 Å². The van der Waals surface area contributed by atoms with Gasteiger partial charge in [0.25, 0.3) is 0 Å². The summed E-state index contributed by atoms with van der Waals surface area (Å²) in [5.41, 5.74) is 2.14. The minimum Gasteiger partial charge on any atom is -0.419 e. The fourth-order valence-electron chi connectivity index (χ4n) is 3.55. The minimum atomic E-state index is 0.0623. The Morgan fingerprint density at radius 1 is 1.11 bits per heavy atom. The Kier molecular flexibility index (Phi) is 6.80. The van der Waals surface area contributed by atoms with E-state index in [0.717, 1.165) is 44.8 Å². The molecule has 0 radical (unpaired) electrons. The molecule has 2 heterocycles. The SMILES string of the molecule is CCN(CC)C(=O)CN1CCN(C(C)c2nnc(-c3ccc(C)cc3)o2)CC1. The predicted octanol–water partition coefficient (Wildman–Crippen LogP) is 2.59. The molecule has 0 saturated carbocycles. The van der Waals surface area contributed by atoms with Gasteiger partial charge in [0.2, 0.25) is 17.7 Å². The molecule has 1 aliphatic heterocycles. The Balaban J connectivity index is 1.55. The van der Waals surface area contributed by atoms with Crippen LogP contribution in [0.25, 0.3) is 11.5 Å². The third kappa shape index (κ3) is 4.77. The summed E-state index contributed by atoms with van der Waals surface area (Å²) in [6, 6.07) is 8.15. The molecule has 0 spiro atoms. The largest absolute Gasteiger partial charge is 0.419 e. The normalized spacial score (nSPS) is 16.9. The summed E-state index contributed by atoms with van der Waals surface area (Å²) >= 11 is 0. The van der Waals surface area contributed by atoms with Gasteiger partial charge in [-0.1, -0.05) is 17.7 Å². The maximum atomic E-state index is 12.3. The molecule has 0 N–H and O–H groups in total. The van der Waals surface area contributed by atoms with Crippen LogP contribution in [0.1, 0.15) is 38.3 Å². The number of likely N-dealkylation sites (N-methyl/N-ethyl adjacent to an activating group) is 1. The standard InChI is InChI=1S/C21H31N5O2/c1-5-25(6-2)19(27)15-24-11-13-26(14-12-24)17(4)20-22-23-21(28-20)18-9-7-16(3)8-10-18/h7-10,17H,5-6,11-15H2,1-4H3. The van der Waals surface area contributed by atoms with Gasteiger partial charge in [-0.3, -0.25) is 14.6 Å². The molecular weight excluding hydrogens is 354 g/mol. The first-order valence-corrected chi connectivity index (χ1v) is 10.2. The van der Waals surface area contributed by atoms with Crippen LogP contribution >= 0.6 is 0 Å². The van der Waals surface area contributed by atoms with E-state index in [-0.39, 0.29) is 11.9 Å². The summed E-state index contributed by atoms with van der Waals surface area (Å²) in [5, 5.41) is 8.49. The van der Waals surface area contributed by atoms with Crippen molar-refractivity contribution in [1.82, 2.24) is 24.9 Å². The quantitative estimate of drug-likeness (QED) is 0.730. The summed E-state index contributed by atoms with van der Waals surface area (Å²) in [6.07, 6.45) is 0. The van der Waals surface area contributed by atoms with E-state index < -0.39 is 0 Å². The number of carbonyl (C=O) groups is 1. The summed E-state index contributed by atoms with van der Waals surface area (Å²) in [7, 11) is 0. The third-order valence-electron chi connectivity index (χ3n) is 5.53. The van der Waals surface area contributed by atoms with Gasteiger partial charge in [0.15, 0.2) is 0 Å². The van der Waals surface area contributed by atoms with Gasteiger partial charge >= 0.3 is 0 Å². The molecule has 1 aromatic carbocycles. The molecule has 1 atom stereocenters. The van der Waals surface area contributed by atoms with E-state index in [0.29, 0.717) is 18.3 Å². The second-order valence-electron chi connectivity index (χ2n) is 7.37. The molecule has 7 nitrogen and oxygen atoms in total. The van der Waals surface area contributed by atoms with E-state index >= 15 is 0 Å². The molecule has 7 heteroatoms. The van der Waals surface area contributed by atoms with E-state index in [1.54, 1.807) is 0 Å². The molecule has 2 aromatic rings. The molecule has 1 amide bonds. The van der Waals surface area contributed by atoms with E-state index in [2.05, 4.69) is 33.8 Å². The van der Waals surface area contributed by atoms with Crippen LogP contribution in [0.2, 0.25) is 0 Å². The van der Waals surface area contributed by atoms with Gasteiger partial charge in [0, 0.05) is 44.8 Å². The van der Waals surface area contributed by atoms with Crippen molar-refractivity contribution in [1.29, 1.82) is 0 Å². The third-order valence-corrected chi connectivity index (χ3v) is 5.53. The van der Waals surface area contributed by atoms with Crippen LogP contribution in [0.15, 0.2) is 28.7 Å². The smallest absolute Gasteiger partial charge is 0.247 e. The first-order valence-electron chi connectivity index (χ1n) is 10.2. The minimum absolute atomic E-state index is 0.0623. The van der Waals surface area contributed by atoms with E-state index in [1.807, 2.05) is 43.0 Å².